The van der Waals surface area contributed by atoms with Gasteiger partial charge in [-0.3, -0.25) is 0 Å². The number of hydrogen-bond donors (Lipinski definition) is 0. The Morgan fingerprint density at radius 1 is 0.700 bits per heavy atom. The molecule has 0 aliphatic heterocycles. The fourth-order valence-electron chi connectivity index (χ4n) is 1.66. The van der Waals surface area contributed by atoms with Crippen LogP contribution in [0.4, 0.5) is 0 Å². The fraction of sp³-hybridized carbons (Fsp3) is 1.00. The third-order valence-corrected chi connectivity index (χ3v) is 11.2. The van der Waals surface area contributed by atoms with Gasteiger partial charge in [0.15, 0.2) is 0 Å². The average Bonchev–Trinajstić information content (AvgIpc) is 2.38. The van der Waals surface area contributed by atoms with Crippen molar-refractivity contribution in [3.8, 4) is 0 Å². The number of hydrogen-bond acceptors (Lipinski definition) is 0. The molecular formula is C16H36Br2P2. The lowest BCUT2D eigenvalue weighted by atomic mass is 10.1. The second-order valence-corrected chi connectivity index (χ2v) is 16.1. The van der Waals surface area contributed by atoms with Crippen molar-refractivity contribution in [2.45, 2.75) is 67.2 Å². The summed E-state index contributed by atoms with van der Waals surface area (Å²) < 4.78 is 0. The van der Waals surface area contributed by atoms with Crippen molar-refractivity contribution >= 4 is 44.2 Å². The highest BCUT2D eigenvalue weighted by Gasteiger charge is 2.01. The van der Waals surface area contributed by atoms with Crippen LogP contribution in [0.5, 0.6) is 0 Å². The number of rotatable bonds is 10. The van der Waals surface area contributed by atoms with Crippen molar-refractivity contribution < 1.29 is 0 Å². The van der Waals surface area contributed by atoms with Crippen molar-refractivity contribution in [1.29, 1.82) is 0 Å². The quantitative estimate of drug-likeness (QED) is 0.293. The van der Waals surface area contributed by atoms with Crippen molar-refractivity contribution in [2.75, 3.05) is 24.6 Å². The molecule has 0 aromatic rings. The van der Waals surface area contributed by atoms with E-state index in [4.69, 9.17) is 0 Å². The van der Waals surface area contributed by atoms with Crippen molar-refractivity contribution in [3.05, 3.63) is 0 Å². The summed E-state index contributed by atoms with van der Waals surface area (Å²) >= 11 is 7.38. The summed E-state index contributed by atoms with van der Waals surface area (Å²) in [5, 5.41) is 0. The molecule has 0 aromatic carbocycles. The molecule has 20 heavy (non-hydrogen) atoms. The molecule has 2 atom stereocenters. The van der Waals surface area contributed by atoms with Gasteiger partial charge in [0.1, 0.15) is 0 Å². The first-order valence-electron chi connectivity index (χ1n) is 8.14. The lowest BCUT2D eigenvalue weighted by Crippen LogP contribution is -1.89. The lowest BCUT2D eigenvalue weighted by Gasteiger charge is -2.07. The molecule has 0 radical (unpaired) electrons. The van der Waals surface area contributed by atoms with Crippen LogP contribution in [-0.4, -0.2) is 24.6 Å². The van der Waals surface area contributed by atoms with E-state index in [-0.39, 0.29) is 13.2 Å². The van der Waals surface area contributed by atoms with E-state index in [2.05, 4.69) is 72.5 Å². The van der Waals surface area contributed by atoms with Crippen LogP contribution in [0.15, 0.2) is 0 Å². The molecule has 0 fully saturated rings. The van der Waals surface area contributed by atoms with E-state index in [0.717, 1.165) is 11.8 Å². The minimum atomic E-state index is 0.203. The zero-order valence-electron chi connectivity index (χ0n) is 14.5. The van der Waals surface area contributed by atoms with Crippen LogP contribution in [0.25, 0.3) is 0 Å². The maximum Gasteiger partial charge on any atom is -0.0227 e. The van der Waals surface area contributed by atoms with Gasteiger partial charge >= 0.3 is 0 Å². The van der Waals surface area contributed by atoms with E-state index in [9.17, 15) is 0 Å². The number of halogens is 2. The Bertz CT molecular complexity index is 167. The second kappa shape index (κ2) is 17.2. The Kier molecular flexibility index (Phi) is 20.7. The minimum absolute atomic E-state index is 0.203. The lowest BCUT2D eigenvalue weighted by molar-refractivity contribution is 0.578. The molecular weight excluding hydrogens is 414 g/mol. The first kappa shape index (κ1) is 24.1. The van der Waals surface area contributed by atoms with Gasteiger partial charge < -0.3 is 0 Å². The molecule has 0 aliphatic carbocycles. The predicted octanol–water partition coefficient (Wildman–Crippen LogP) is 8.47. The second-order valence-electron chi connectivity index (χ2n) is 6.08. The van der Waals surface area contributed by atoms with E-state index in [1.54, 1.807) is 0 Å². The monoisotopic (exact) mass is 448 g/mol. The molecule has 4 heteroatoms. The van der Waals surface area contributed by atoms with Crippen LogP contribution in [-0.2, 0) is 0 Å². The molecule has 0 aliphatic rings. The molecule has 0 spiro atoms. The third-order valence-electron chi connectivity index (χ3n) is 3.05. The maximum atomic E-state index is 3.69. The summed E-state index contributed by atoms with van der Waals surface area (Å²) in [6.45, 7) is 14.1. The van der Waals surface area contributed by atoms with Crippen LogP contribution in [0, 0.1) is 11.8 Å². The average molecular weight is 450 g/mol. The van der Waals surface area contributed by atoms with E-state index in [1.807, 2.05) is 0 Å². The highest BCUT2D eigenvalue weighted by Crippen LogP contribution is 2.44. The van der Waals surface area contributed by atoms with Gasteiger partial charge in [0.2, 0.25) is 0 Å². The maximum absolute atomic E-state index is 3.69. The molecule has 0 amide bonds. The van der Waals surface area contributed by atoms with Crippen LogP contribution < -0.4 is 0 Å². The van der Waals surface area contributed by atoms with Gasteiger partial charge in [-0.2, -0.15) is 0 Å². The van der Waals surface area contributed by atoms with E-state index < -0.39 is 0 Å². The van der Waals surface area contributed by atoms with Crippen LogP contribution >= 0.6 is 44.2 Å². The van der Waals surface area contributed by atoms with Crippen LogP contribution in [0.1, 0.15) is 67.2 Å². The highest BCUT2D eigenvalue weighted by molar-refractivity contribution is 9.39. The SMILES string of the molecule is CCP(Br)CCCC(C)C.CCP(Br)CCCC(C)C. The predicted molar refractivity (Wildman–Crippen MR) is 111 cm³/mol. The summed E-state index contributed by atoms with van der Waals surface area (Å²) in [6.07, 6.45) is 11.1. The Labute approximate surface area is 147 Å². The zero-order chi connectivity index (χ0) is 16.0. The van der Waals surface area contributed by atoms with Crippen LogP contribution in [0.2, 0.25) is 0 Å². The first-order valence-corrected chi connectivity index (χ1v) is 15.6. The first-order chi connectivity index (χ1) is 9.33. The molecule has 124 valence electrons. The fourth-order valence-corrected chi connectivity index (χ4v) is 4.85. The topological polar surface area (TPSA) is 0 Å². The normalized spacial score (nSPS) is 14.1. The smallest absolute Gasteiger partial charge is 0.0227 e. The van der Waals surface area contributed by atoms with Gasteiger partial charge in [-0.1, -0.05) is 85.4 Å². The summed E-state index contributed by atoms with van der Waals surface area (Å²) in [4.78, 5) is 0. The summed E-state index contributed by atoms with van der Waals surface area (Å²) in [7, 11) is 0. The molecule has 0 rings (SSSR count). The molecule has 0 saturated heterocycles. The van der Waals surface area contributed by atoms with Gasteiger partial charge in [-0.05, 0) is 62.6 Å². The zero-order valence-corrected chi connectivity index (χ0v) is 19.4. The Morgan fingerprint density at radius 2 is 1.00 bits per heavy atom. The van der Waals surface area contributed by atoms with E-state index >= 15 is 0 Å². The largest absolute Gasteiger partial charge is 0.0628 e. The van der Waals surface area contributed by atoms with Gasteiger partial charge in [-0.15, -0.1) is 0 Å². The van der Waals surface area contributed by atoms with E-state index in [1.165, 1.54) is 50.3 Å². The Hall–Kier alpha value is 1.82. The molecule has 2 unspecified atom stereocenters. The standard InChI is InChI=1S/2C8H18BrP/c2*1-4-10(9)7-5-6-8(2)3/h2*8H,4-7H2,1-3H3. The Morgan fingerprint density at radius 3 is 1.20 bits per heavy atom. The molecule has 0 N–H and O–H groups in total. The highest BCUT2D eigenvalue weighted by atomic mass is 79.9. The van der Waals surface area contributed by atoms with Crippen molar-refractivity contribution in [1.82, 2.24) is 0 Å². The summed E-state index contributed by atoms with van der Waals surface area (Å²) in [6, 6.07) is 0. The van der Waals surface area contributed by atoms with Gasteiger partial charge in [-0.25, -0.2) is 0 Å². The summed E-state index contributed by atoms with van der Waals surface area (Å²) in [5.41, 5.74) is 0. The Balaban J connectivity index is 0. The molecule has 0 heterocycles. The molecule has 0 bridgehead atoms. The molecule has 0 nitrogen and oxygen atoms in total. The van der Waals surface area contributed by atoms with Gasteiger partial charge in [0, 0.05) is 0 Å². The third kappa shape index (κ3) is 22.1. The summed E-state index contributed by atoms with van der Waals surface area (Å²) in [5.74, 6) is 1.76. The van der Waals surface area contributed by atoms with Crippen LogP contribution in [0.3, 0.4) is 0 Å². The molecule has 0 aromatic heterocycles. The minimum Gasteiger partial charge on any atom is -0.0628 e. The molecule has 0 saturated carbocycles. The van der Waals surface area contributed by atoms with E-state index in [0.29, 0.717) is 0 Å². The van der Waals surface area contributed by atoms with Gasteiger partial charge in [0.25, 0.3) is 0 Å². The van der Waals surface area contributed by atoms with Gasteiger partial charge in [0.05, 0.1) is 0 Å². The van der Waals surface area contributed by atoms with Crippen molar-refractivity contribution in [2.24, 2.45) is 11.8 Å². The van der Waals surface area contributed by atoms with Crippen molar-refractivity contribution in [3.63, 3.8) is 0 Å².